The zero-order chi connectivity index (χ0) is 19.5. The van der Waals surface area contributed by atoms with E-state index in [0.29, 0.717) is 21.5 Å². The summed E-state index contributed by atoms with van der Waals surface area (Å²) in [5.74, 6) is 0.756. The van der Waals surface area contributed by atoms with E-state index in [1.54, 1.807) is 12.4 Å². The van der Waals surface area contributed by atoms with Crippen molar-refractivity contribution in [3.63, 3.8) is 0 Å². The third-order valence-electron chi connectivity index (χ3n) is 4.62. The Hall–Kier alpha value is -2.70. The number of nitrogens with one attached hydrogen (secondary N) is 1. The lowest BCUT2D eigenvalue weighted by Gasteiger charge is -2.09. The molecule has 3 aromatic heterocycles. The van der Waals surface area contributed by atoms with E-state index in [-0.39, 0.29) is 11.7 Å². The molecule has 4 rings (SSSR count). The smallest absolute Gasteiger partial charge is 0.235 e. The van der Waals surface area contributed by atoms with Crippen LogP contribution in [-0.2, 0) is 24.7 Å². The van der Waals surface area contributed by atoms with Crippen molar-refractivity contribution in [2.24, 2.45) is 7.05 Å². The van der Waals surface area contributed by atoms with E-state index in [9.17, 15) is 10.1 Å². The number of fused-ring (bicyclic) bond motifs is 1. The molecule has 3 aromatic rings. The molecule has 0 unspecified atom stereocenters. The number of carbonyl (C=O) groups excluding carboxylic acids is 1. The molecule has 0 aliphatic heterocycles. The molecule has 0 saturated heterocycles. The summed E-state index contributed by atoms with van der Waals surface area (Å²) in [6.07, 6.45) is 7.61. The summed E-state index contributed by atoms with van der Waals surface area (Å²) in [4.78, 5) is 17.8. The van der Waals surface area contributed by atoms with Crippen LogP contribution >= 0.6 is 23.1 Å². The average molecular weight is 411 g/mol. The first-order chi connectivity index (χ1) is 13.7. The van der Waals surface area contributed by atoms with E-state index in [1.807, 2.05) is 23.7 Å². The maximum atomic E-state index is 12.5. The van der Waals surface area contributed by atoms with Crippen LogP contribution in [0.3, 0.4) is 0 Å². The summed E-state index contributed by atoms with van der Waals surface area (Å²) in [5, 5.41) is 22.1. The predicted octanol–water partition coefficient (Wildman–Crippen LogP) is 3.42. The van der Waals surface area contributed by atoms with Crippen LogP contribution in [0.1, 0.15) is 28.8 Å². The van der Waals surface area contributed by atoms with Crippen LogP contribution in [-0.4, -0.2) is 31.4 Å². The minimum Gasteiger partial charge on any atom is -0.316 e. The Bertz CT molecular complexity index is 1050. The number of hydrogen-bond acceptors (Lipinski definition) is 7. The first-order valence-corrected chi connectivity index (χ1v) is 10.7. The van der Waals surface area contributed by atoms with Gasteiger partial charge in [-0.1, -0.05) is 11.8 Å². The van der Waals surface area contributed by atoms with Gasteiger partial charge in [-0.15, -0.1) is 21.5 Å². The van der Waals surface area contributed by atoms with Crippen molar-refractivity contribution in [2.75, 3.05) is 11.1 Å². The summed E-state index contributed by atoms with van der Waals surface area (Å²) in [7, 11) is 1.86. The minimum absolute atomic E-state index is 0.147. The molecular weight excluding hydrogens is 392 g/mol. The molecule has 0 atom stereocenters. The molecule has 1 aliphatic carbocycles. The van der Waals surface area contributed by atoms with Crippen molar-refractivity contribution in [1.82, 2.24) is 19.7 Å². The Kier molecular flexibility index (Phi) is 5.41. The first kappa shape index (κ1) is 18.7. The number of amides is 1. The monoisotopic (exact) mass is 410 g/mol. The van der Waals surface area contributed by atoms with E-state index in [4.69, 9.17) is 0 Å². The summed E-state index contributed by atoms with van der Waals surface area (Å²) in [6.45, 7) is 0. The van der Waals surface area contributed by atoms with Gasteiger partial charge in [0.25, 0.3) is 0 Å². The molecule has 0 bridgehead atoms. The van der Waals surface area contributed by atoms with Crippen molar-refractivity contribution in [1.29, 1.82) is 5.26 Å². The molecule has 0 radical (unpaired) electrons. The second kappa shape index (κ2) is 8.12. The molecule has 0 spiro atoms. The van der Waals surface area contributed by atoms with Crippen LogP contribution < -0.4 is 5.32 Å². The molecule has 7 nitrogen and oxygen atoms in total. The van der Waals surface area contributed by atoms with E-state index >= 15 is 0 Å². The molecule has 1 amide bonds. The molecule has 9 heteroatoms. The Morgan fingerprint density at radius 2 is 2.25 bits per heavy atom. The molecule has 142 valence electrons. The number of nitrogens with zero attached hydrogens (tertiary/aromatic N) is 5. The maximum Gasteiger partial charge on any atom is 0.235 e. The number of thiophene rings is 1. The average Bonchev–Trinajstić information content (AvgIpc) is 3.26. The quantitative estimate of drug-likeness (QED) is 0.648. The van der Waals surface area contributed by atoms with Gasteiger partial charge in [-0.2, -0.15) is 5.26 Å². The number of hydrogen-bond donors (Lipinski definition) is 1. The van der Waals surface area contributed by atoms with Crippen LogP contribution in [0.5, 0.6) is 0 Å². The number of aryl methyl sites for hydroxylation is 1. The highest BCUT2D eigenvalue weighted by atomic mass is 32.2. The van der Waals surface area contributed by atoms with Gasteiger partial charge in [0.05, 0.1) is 11.3 Å². The Balaban J connectivity index is 1.43. The van der Waals surface area contributed by atoms with Gasteiger partial charge in [0, 0.05) is 29.9 Å². The molecule has 3 heterocycles. The first-order valence-electron chi connectivity index (χ1n) is 8.94. The van der Waals surface area contributed by atoms with Crippen LogP contribution in [0.25, 0.3) is 11.4 Å². The van der Waals surface area contributed by atoms with Crippen molar-refractivity contribution >= 4 is 34.0 Å². The zero-order valence-electron chi connectivity index (χ0n) is 15.3. The number of nitriles is 1. The highest BCUT2D eigenvalue weighted by Gasteiger charge is 2.22. The maximum absolute atomic E-state index is 12.5. The number of anilines is 1. The summed E-state index contributed by atoms with van der Waals surface area (Å²) >= 11 is 2.85. The third-order valence-corrected chi connectivity index (χ3v) is 6.85. The van der Waals surface area contributed by atoms with Gasteiger partial charge in [-0.3, -0.25) is 9.78 Å². The lowest BCUT2D eigenvalue weighted by atomic mass is 9.96. The molecule has 0 fully saturated rings. The highest BCUT2D eigenvalue weighted by Crippen LogP contribution is 2.37. The van der Waals surface area contributed by atoms with Crippen LogP contribution in [0.2, 0.25) is 0 Å². The molecule has 0 aromatic carbocycles. The summed E-state index contributed by atoms with van der Waals surface area (Å²) in [5.41, 5.74) is 2.63. The lowest BCUT2D eigenvalue weighted by molar-refractivity contribution is -0.113. The second-order valence-corrected chi connectivity index (χ2v) is 8.52. The molecule has 28 heavy (non-hydrogen) atoms. The van der Waals surface area contributed by atoms with Gasteiger partial charge < -0.3 is 9.88 Å². The topological polar surface area (TPSA) is 96.5 Å². The molecular formula is C19H18N6OS2. The van der Waals surface area contributed by atoms with E-state index in [2.05, 4.69) is 26.6 Å². The molecule has 1 aliphatic rings. The Labute approximate surface area is 170 Å². The summed E-state index contributed by atoms with van der Waals surface area (Å²) in [6, 6.07) is 6.03. The van der Waals surface area contributed by atoms with Gasteiger partial charge in [0.2, 0.25) is 5.91 Å². The largest absolute Gasteiger partial charge is 0.316 e. The van der Waals surface area contributed by atoms with Gasteiger partial charge in [0.1, 0.15) is 11.1 Å². The Morgan fingerprint density at radius 3 is 3.04 bits per heavy atom. The standard InChI is InChI=1S/C19H18N6OS2/c1-25-17(12-5-4-8-21-10-12)23-24-19(25)27-11-16(26)22-18-14(9-20)13-6-2-3-7-15(13)28-18/h4-5,8,10H,2-3,6-7,11H2,1H3,(H,22,26). The van der Waals surface area contributed by atoms with Crippen molar-refractivity contribution in [2.45, 2.75) is 30.8 Å². The fraction of sp³-hybridized carbons (Fsp3) is 0.316. The predicted molar refractivity (Wildman–Crippen MR) is 109 cm³/mol. The van der Waals surface area contributed by atoms with Gasteiger partial charge >= 0.3 is 0 Å². The second-order valence-electron chi connectivity index (χ2n) is 6.47. The number of carbonyl (C=O) groups is 1. The Morgan fingerprint density at radius 1 is 1.39 bits per heavy atom. The number of pyridine rings is 1. The number of rotatable bonds is 5. The number of aromatic nitrogens is 4. The molecule has 1 N–H and O–H groups in total. The van der Waals surface area contributed by atoms with Crippen LogP contribution in [0.15, 0.2) is 29.7 Å². The fourth-order valence-electron chi connectivity index (χ4n) is 3.25. The molecule has 0 saturated carbocycles. The zero-order valence-corrected chi connectivity index (χ0v) is 16.9. The fourth-order valence-corrected chi connectivity index (χ4v) is 5.22. The lowest BCUT2D eigenvalue weighted by Crippen LogP contribution is -2.14. The van der Waals surface area contributed by atoms with Crippen LogP contribution in [0.4, 0.5) is 5.00 Å². The van der Waals surface area contributed by atoms with Crippen molar-refractivity contribution in [3.8, 4) is 17.5 Å². The third kappa shape index (κ3) is 3.66. The minimum atomic E-state index is -0.147. The normalized spacial score (nSPS) is 13.0. The number of thioether (sulfide) groups is 1. The van der Waals surface area contributed by atoms with Gasteiger partial charge in [0.15, 0.2) is 11.0 Å². The summed E-state index contributed by atoms with van der Waals surface area (Å²) < 4.78 is 1.85. The van der Waals surface area contributed by atoms with Crippen molar-refractivity contribution < 1.29 is 4.79 Å². The van der Waals surface area contributed by atoms with E-state index in [0.717, 1.165) is 36.8 Å². The van der Waals surface area contributed by atoms with Gasteiger partial charge in [-0.25, -0.2) is 0 Å². The van der Waals surface area contributed by atoms with E-state index < -0.39 is 0 Å². The van der Waals surface area contributed by atoms with Crippen LogP contribution in [0, 0.1) is 11.3 Å². The highest BCUT2D eigenvalue weighted by molar-refractivity contribution is 7.99. The van der Waals surface area contributed by atoms with Crippen molar-refractivity contribution in [3.05, 3.63) is 40.5 Å². The van der Waals surface area contributed by atoms with Gasteiger partial charge in [-0.05, 0) is 43.4 Å². The SMILES string of the molecule is Cn1c(SCC(=O)Nc2sc3c(c2C#N)CCCC3)nnc1-c1cccnc1. The van der Waals surface area contributed by atoms with E-state index in [1.165, 1.54) is 28.0 Å².